The third kappa shape index (κ3) is 3.51. The quantitative estimate of drug-likeness (QED) is 0.726. The summed E-state index contributed by atoms with van der Waals surface area (Å²) in [4.78, 5) is 4.78. The second-order valence-corrected chi connectivity index (χ2v) is 5.01. The lowest BCUT2D eigenvalue weighted by Gasteiger charge is -2.37. The fraction of sp³-hybridized carbons (Fsp3) is 0.571. The van der Waals surface area contributed by atoms with Crippen LogP contribution in [0.2, 0.25) is 0 Å². The SMILES string of the molecule is CC1CN(CC2=CCC=CC(F)=C2)CCN1C. The lowest BCUT2D eigenvalue weighted by molar-refractivity contribution is 0.113. The van der Waals surface area contributed by atoms with Crippen molar-refractivity contribution in [2.75, 3.05) is 33.2 Å². The van der Waals surface area contributed by atoms with E-state index in [1.807, 2.05) is 6.08 Å². The Hall–Kier alpha value is -0.930. The van der Waals surface area contributed by atoms with Gasteiger partial charge in [-0.25, -0.2) is 4.39 Å². The van der Waals surface area contributed by atoms with Gasteiger partial charge in [0.1, 0.15) is 5.83 Å². The van der Waals surface area contributed by atoms with Gasteiger partial charge in [0.05, 0.1) is 0 Å². The molecule has 0 radical (unpaired) electrons. The summed E-state index contributed by atoms with van der Waals surface area (Å²) < 4.78 is 13.3. The molecule has 0 aromatic carbocycles. The molecule has 17 heavy (non-hydrogen) atoms. The summed E-state index contributed by atoms with van der Waals surface area (Å²) in [6, 6.07) is 0.585. The topological polar surface area (TPSA) is 6.48 Å². The van der Waals surface area contributed by atoms with E-state index in [4.69, 9.17) is 0 Å². The summed E-state index contributed by atoms with van der Waals surface area (Å²) in [7, 11) is 2.16. The molecule has 1 aliphatic carbocycles. The van der Waals surface area contributed by atoms with E-state index in [2.05, 4.69) is 29.8 Å². The Morgan fingerprint density at radius 2 is 2.24 bits per heavy atom. The maximum Gasteiger partial charge on any atom is 0.123 e. The molecule has 0 N–H and O–H groups in total. The molecule has 0 aromatic rings. The number of halogens is 1. The third-order valence-corrected chi connectivity index (χ3v) is 3.57. The van der Waals surface area contributed by atoms with Crippen molar-refractivity contribution in [2.24, 2.45) is 0 Å². The van der Waals surface area contributed by atoms with Crippen LogP contribution in [-0.4, -0.2) is 49.1 Å². The van der Waals surface area contributed by atoms with Gasteiger partial charge in [0, 0.05) is 32.2 Å². The third-order valence-electron chi connectivity index (χ3n) is 3.57. The zero-order chi connectivity index (χ0) is 12.3. The lowest BCUT2D eigenvalue weighted by atomic mass is 10.1. The first-order valence-corrected chi connectivity index (χ1v) is 6.30. The van der Waals surface area contributed by atoms with E-state index in [0.717, 1.165) is 38.2 Å². The summed E-state index contributed by atoms with van der Waals surface area (Å²) >= 11 is 0. The molecule has 0 saturated carbocycles. The molecule has 3 heteroatoms. The molecule has 0 aromatic heterocycles. The molecule has 1 heterocycles. The van der Waals surface area contributed by atoms with Gasteiger partial charge in [0.2, 0.25) is 0 Å². The van der Waals surface area contributed by atoms with Crippen LogP contribution in [0.15, 0.2) is 35.7 Å². The molecule has 1 atom stereocenters. The number of nitrogens with zero attached hydrogens (tertiary/aromatic N) is 2. The Kier molecular flexibility index (Phi) is 4.13. The molecule has 0 spiro atoms. The largest absolute Gasteiger partial charge is 0.301 e. The second kappa shape index (κ2) is 5.61. The highest BCUT2D eigenvalue weighted by molar-refractivity contribution is 5.31. The van der Waals surface area contributed by atoms with E-state index in [9.17, 15) is 4.39 Å². The standard InChI is InChI=1S/C14H21FN2/c1-12-10-17(8-7-16(12)2)11-13-5-3-4-6-14(15)9-13/h4-6,9,12H,3,7-8,10-11H2,1-2H3. The fourth-order valence-corrected chi connectivity index (χ4v) is 2.32. The normalized spacial score (nSPS) is 27.6. The maximum absolute atomic E-state index is 13.3. The van der Waals surface area contributed by atoms with Gasteiger partial charge < -0.3 is 4.90 Å². The Morgan fingerprint density at radius 3 is 3.00 bits per heavy atom. The van der Waals surface area contributed by atoms with Gasteiger partial charge in [-0.3, -0.25) is 4.90 Å². The molecule has 2 rings (SSSR count). The van der Waals surface area contributed by atoms with Crippen molar-refractivity contribution in [3.8, 4) is 0 Å². The van der Waals surface area contributed by atoms with Gasteiger partial charge in [-0.2, -0.15) is 0 Å². The van der Waals surface area contributed by atoms with E-state index in [0.29, 0.717) is 6.04 Å². The summed E-state index contributed by atoms with van der Waals surface area (Å²) in [5.41, 5.74) is 1.10. The van der Waals surface area contributed by atoms with Gasteiger partial charge in [-0.1, -0.05) is 12.2 Å². The maximum atomic E-state index is 13.3. The van der Waals surface area contributed by atoms with Crippen LogP contribution in [0.5, 0.6) is 0 Å². The average Bonchev–Trinajstić information content (AvgIpc) is 2.48. The minimum Gasteiger partial charge on any atom is -0.301 e. The summed E-state index contributed by atoms with van der Waals surface area (Å²) in [5.74, 6) is -0.129. The van der Waals surface area contributed by atoms with Crippen LogP contribution < -0.4 is 0 Å². The Morgan fingerprint density at radius 1 is 1.41 bits per heavy atom. The van der Waals surface area contributed by atoms with Gasteiger partial charge >= 0.3 is 0 Å². The first kappa shape index (κ1) is 12.5. The average molecular weight is 236 g/mol. The number of rotatable bonds is 2. The molecule has 0 amide bonds. The molecule has 94 valence electrons. The molecule has 2 nitrogen and oxygen atoms in total. The van der Waals surface area contributed by atoms with Crippen molar-refractivity contribution in [1.82, 2.24) is 9.80 Å². The van der Waals surface area contributed by atoms with Gasteiger partial charge in [0.15, 0.2) is 0 Å². The lowest BCUT2D eigenvalue weighted by Crippen LogP contribution is -2.50. The predicted octanol–water partition coefficient (Wildman–Crippen LogP) is 2.36. The Bertz CT molecular complexity index is 357. The van der Waals surface area contributed by atoms with Crippen LogP contribution in [0, 0.1) is 0 Å². The van der Waals surface area contributed by atoms with Crippen molar-refractivity contribution in [3.05, 3.63) is 35.7 Å². The molecule has 1 aliphatic heterocycles. The molecule has 0 bridgehead atoms. The number of likely N-dealkylation sites (N-methyl/N-ethyl adjacent to an activating group) is 1. The van der Waals surface area contributed by atoms with Gasteiger partial charge in [-0.05, 0) is 38.1 Å². The van der Waals surface area contributed by atoms with Crippen LogP contribution in [-0.2, 0) is 0 Å². The fourth-order valence-electron chi connectivity index (χ4n) is 2.32. The van der Waals surface area contributed by atoms with E-state index in [-0.39, 0.29) is 5.83 Å². The molecular formula is C14H21FN2. The first-order chi connectivity index (χ1) is 8.15. The zero-order valence-corrected chi connectivity index (χ0v) is 10.7. The van der Waals surface area contributed by atoms with E-state index >= 15 is 0 Å². The number of hydrogen-bond acceptors (Lipinski definition) is 2. The van der Waals surface area contributed by atoms with Gasteiger partial charge in [0.25, 0.3) is 0 Å². The van der Waals surface area contributed by atoms with Crippen molar-refractivity contribution in [1.29, 1.82) is 0 Å². The van der Waals surface area contributed by atoms with Crippen molar-refractivity contribution >= 4 is 0 Å². The highest BCUT2D eigenvalue weighted by Crippen LogP contribution is 2.15. The number of allylic oxidation sites excluding steroid dienone is 4. The first-order valence-electron chi connectivity index (χ1n) is 6.30. The summed E-state index contributed by atoms with van der Waals surface area (Å²) in [6.45, 7) is 6.34. The Balaban J connectivity index is 1.93. The zero-order valence-electron chi connectivity index (χ0n) is 10.7. The monoisotopic (exact) mass is 236 g/mol. The molecule has 1 unspecified atom stereocenters. The predicted molar refractivity (Wildman–Crippen MR) is 69.6 cm³/mol. The van der Waals surface area contributed by atoms with Gasteiger partial charge in [-0.15, -0.1) is 0 Å². The van der Waals surface area contributed by atoms with E-state index < -0.39 is 0 Å². The van der Waals surface area contributed by atoms with Crippen LogP contribution in [0.4, 0.5) is 4.39 Å². The molecule has 1 saturated heterocycles. The van der Waals surface area contributed by atoms with Crippen LogP contribution in [0.1, 0.15) is 13.3 Å². The molecule has 2 aliphatic rings. The smallest absolute Gasteiger partial charge is 0.123 e. The summed E-state index contributed by atoms with van der Waals surface area (Å²) in [6.07, 6.45) is 8.03. The van der Waals surface area contributed by atoms with E-state index in [1.165, 1.54) is 0 Å². The van der Waals surface area contributed by atoms with Crippen LogP contribution in [0.3, 0.4) is 0 Å². The number of hydrogen-bond donors (Lipinski definition) is 0. The van der Waals surface area contributed by atoms with Crippen LogP contribution >= 0.6 is 0 Å². The number of piperazine rings is 1. The van der Waals surface area contributed by atoms with Crippen molar-refractivity contribution < 1.29 is 4.39 Å². The highest BCUT2D eigenvalue weighted by atomic mass is 19.1. The van der Waals surface area contributed by atoms with E-state index in [1.54, 1.807) is 12.2 Å². The second-order valence-electron chi connectivity index (χ2n) is 5.01. The molecular weight excluding hydrogens is 215 g/mol. The van der Waals surface area contributed by atoms with Crippen molar-refractivity contribution in [2.45, 2.75) is 19.4 Å². The minimum absolute atomic E-state index is 0.129. The summed E-state index contributed by atoms with van der Waals surface area (Å²) in [5, 5.41) is 0. The highest BCUT2D eigenvalue weighted by Gasteiger charge is 2.20. The Labute approximate surface area is 103 Å². The molecule has 1 fully saturated rings. The van der Waals surface area contributed by atoms with Crippen molar-refractivity contribution in [3.63, 3.8) is 0 Å². The van der Waals surface area contributed by atoms with Crippen LogP contribution in [0.25, 0.3) is 0 Å². The minimum atomic E-state index is -0.129.